The highest BCUT2D eigenvalue weighted by molar-refractivity contribution is 5.85. The molecular formula is C75H116FN9O31. The van der Waals surface area contributed by atoms with Crippen molar-refractivity contribution in [1.29, 1.82) is 0 Å². The molecule has 5 heterocycles. The number of nitrogens with zero attached hydrogens (tertiary/aromatic N) is 4. The maximum Gasteiger partial charge on any atom is 0.240 e. The van der Waals surface area contributed by atoms with Gasteiger partial charge in [0.25, 0.3) is 0 Å². The van der Waals surface area contributed by atoms with Crippen molar-refractivity contribution in [2.75, 3.05) is 191 Å². The van der Waals surface area contributed by atoms with Gasteiger partial charge in [-0.3, -0.25) is 24.0 Å². The van der Waals surface area contributed by atoms with Gasteiger partial charge in [0.05, 0.1) is 213 Å². The Morgan fingerprint density at radius 3 is 1.32 bits per heavy atom. The number of amides is 5. The van der Waals surface area contributed by atoms with E-state index in [1.165, 1.54) is 16.8 Å². The summed E-state index contributed by atoms with van der Waals surface area (Å²) in [7, 11) is 0. The number of carbonyl (C=O) groups excluding carboxylic acids is 5. The molecule has 654 valence electrons. The molecule has 15 atom stereocenters. The van der Waals surface area contributed by atoms with Gasteiger partial charge in [-0.25, -0.2) is 14.1 Å². The predicted octanol–water partition coefficient (Wildman–Crippen LogP) is -3.60. The molecule has 40 nitrogen and oxygen atoms in total. The zero-order valence-corrected chi connectivity index (χ0v) is 65.6. The molecule has 3 aliphatic heterocycles. The van der Waals surface area contributed by atoms with E-state index in [1.54, 1.807) is 51.2 Å². The molecule has 116 heavy (non-hydrogen) atoms. The van der Waals surface area contributed by atoms with Crippen LogP contribution in [0.2, 0.25) is 0 Å². The highest BCUT2D eigenvalue weighted by Gasteiger charge is 2.45. The van der Waals surface area contributed by atoms with Gasteiger partial charge in [0, 0.05) is 74.5 Å². The minimum absolute atomic E-state index is 0.0388. The van der Waals surface area contributed by atoms with Gasteiger partial charge in [0.2, 0.25) is 29.5 Å². The lowest BCUT2D eigenvalue weighted by atomic mass is 9.92. The highest BCUT2D eigenvalue weighted by Crippen LogP contribution is 2.31. The molecule has 0 spiro atoms. The number of pyridine rings is 1. The smallest absolute Gasteiger partial charge is 0.240 e. The second-order valence-corrected chi connectivity index (χ2v) is 27.7. The van der Waals surface area contributed by atoms with E-state index in [-0.39, 0.29) is 197 Å². The van der Waals surface area contributed by atoms with Crippen molar-refractivity contribution >= 4 is 40.4 Å². The fourth-order valence-corrected chi connectivity index (χ4v) is 12.0. The maximum atomic E-state index is 14.0. The molecule has 2 aromatic carbocycles. The summed E-state index contributed by atoms with van der Waals surface area (Å²) in [5.74, 6) is -4.86. The number of halogens is 1. The molecule has 4 aromatic rings. The van der Waals surface area contributed by atoms with Gasteiger partial charge >= 0.3 is 0 Å². The Morgan fingerprint density at radius 2 is 0.888 bits per heavy atom. The van der Waals surface area contributed by atoms with Crippen molar-refractivity contribution in [2.45, 2.75) is 132 Å². The third kappa shape index (κ3) is 32.9. The molecule has 41 heteroatoms. The second-order valence-electron chi connectivity index (χ2n) is 27.7. The number of aromatic nitrogens is 4. The molecule has 3 fully saturated rings. The zero-order chi connectivity index (χ0) is 83.6. The van der Waals surface area contributed by atoms with Gasteiger partial charge in [0.15, 0.2) is 30.4 Å². The monoisotopic (exact) mass is 1660 g/mol. The fraction of sp³-hybridized carbons (Fsp3) is 0.707. The summed E-state index contributed by atoms with van der Waals surface area (Å²) in [5.41, 5.74) is 0.320. The van der Waals surface area contributed by atoms with Gasteiger partial charge in [-0.1, -0.05) is 32.1 Å². The standard InChI is InChI=1S/C75H116FN9O31/c1-47-66(95)69(98)58(41-86)114-72(47)111-34-31-104-28-25-101-22-15-77-62(91)12-19-107-44-75(45-108-20-13-63(92)78-16-23-102-26-29-105-32-35-112-73-48(2)67(96)70(99)59(42-87)115-73,46-109-21-14-64(93)79-17-24-103-27-30-106-33-36-113-74-49(3)68(97)71(100)60(43-88)116-74)82-65(94)39-80-61(90)5-4-18-110-52-8-10-54-50(37-52)6-9-55(81-54)56-40-85(84-83-56)51-7-11-57(89)53(76)38-51/h6-11,37-38,40,47-49,58-60,66-74,86-89,95-100H,4-5,12-36,39,41-46H2,1-3H3,(H,77,91)(H,78,92)(H,79,93)(H,80,90)(H,82,94)/t47-,48-,49-,58-,59-,60-,66-,67-,68-,69+,70+,71+,72-,73-,74-/m1/s1. The van der Waals surface area contributed by atoms with E-state index in [0.29, 0.717) is 28.3 Å². The van der Waals surface area contributed by atoms with Gasteiger partial charge in [-0.05, 0) is 42.8 Å². The van der Waals surface area contributed by atoms with E-state index >= 15 is 0 Å². The molecule has 3 saturated heterocycles. The lowest BCUT2D eigenvalue weighted by Crippen LogP contribution is -2.60. The van der Waals surface area contributed by atoms with Crippen molar-refractivity contribution in [3.8, 4) is 28.6 Å². The molecule has 0 saturated carbocycles. The number of hydrogen-bond donors (Lipinski definition) is 15. The van der Waals surface area contributed by atoms with E-state index in [1.807, 2.05) is 6.07 Å². The Kier molecular flexibility index (Phi) is 43.7. The Labute approximate surface area is 670 Å². The van der Waals surface area contributed by atoms with Crippen LogP contribution in [0.3, 0.4) is 0 Å². The Morgan fingerprint density at radius 1 is 0.466 bits per heavy atom. The van der Waals surface area contributed by atoms with E-state index in [2.05, 4.69) is 41.9 Å². The molecule has 3 aliphatic rings. The summed E-state index contributed by atoms with van der Waals surface area (Å²) in [4.78, 5) is 71.1. The van der Waals surface area contributed by atoms with E-state index in [9.17, 15) is 79.4 Å². The van der Waals surface area contributed by atoms with Crippen molar-refractivity contribution in [1.82, 2.24) is 46.6 Å². The summed E-state index contributed by atoms with van der Waals surface area (Å²) in [6.07, 6.45) is -11.4. The number of phenols is 1. The average Bonchev–Trinajstić information content (AvgIpc) is 1.62. The zero-order valence-electron chi connectivity index (χ0n) is 65.6. The molecule has 2 aromatic heterocycles. The van der Waals surface area contributed by atoms with Crippen LogP contribution in [0, 0.1) is 23.6 Å². The van der Waals surface area contributed by atoms with Gasteiger partial charge in [-0.15, -0.1) is 5.10 Å². The van der Waals surface area contributed by atoms with Crippen LogP contribution in [0.25, 0.3) is 28.0 Å². The summed E-state index contributed by atoms with van der Waals surface area (Å²) in [6, 6.07) is 12.6. The van der Waals surface area contributed by atoms with Crippen LogP contribution in [0.4, 0.5) is 4.39 Å². The quantitative estimate of drug-likeness (QED) is 0.0190. The van der Waals surface area contributed by atoms with E-state index in [0.717, 1.165) is 11.5 Å². The summed E-state index contributed by atoms with van der Waals surface area (Å²) < 4.78 is 107. The Hall–Kier alpha value is -7.09. The lowest BCUT2D eigenvalue weighted by Gasteiger charge is -2.40. The fourth-order valence-electron chi connectivity index (χ4n) is 12.0. The van der Waals surface area contributed by atoms with Crippen molar-refractivity contribution in [3.63, 3.8) is 0 Å². The van der Waals surface area contributed by atoms with Gasteiger partial charge < -0.3 is 153 Å². The largest absolute Gasteiger partial charge is 0.505 e. The second kappa shape index (κ2) is 52.8. The Balaban J connectivity index is 0.876. The number of aliphatic hydroxyl groups is 9. The van der Waals surface area contributed by atoms with Gasteiger partial charge in [0.1, 0.15) is 53.6 Å². The molecular weight excluding hydrogens is 1540 g/mol. The number of nitrogens with one attached hydrogen (secondary N) is 5. The van der Waals surface area contributed by atoms with Crippen LogP contribution in [0.15, 0.2) is 54.7 Å². The molecule has 15 N–H and O–H groups in total. The number of hydrogen-bond acceptors (Lipinski definition) is 34. The third-order valence-corrected chi connectivity index (χ3v) is 18.7. The van der Waals surface area contributed by atoms with Crippen LogP contribution >= 0.6 is 0 Å². The molecule has 5 amide bonds. The van der Waals surface area contributed by atoms with Gasteiger partial charge in [-0.2, -0.15) is 0 Å². The number of rotatable bonds is 58. The highest BCUT2D eigenvalue weighted by atomic mass is 19.1. The molecule has 0 bridgehead atoms. The Bertz CT molecular complexity index is 3320. The van der Waals surface area contributed by atoms with Crippen molar-refractivity contribution in [2.24, 2.45) is 17.8 Å². The van der Waals surface area contributed by atoms with E-state index < -0.39 is 165 Å². The number of aromatic hydroxyl groups is 1. The summed E-state index contributed by atoms with van der Waals surface area (Å²) in [5, 5.41) is 122. The summed E-state index contributed by atoms with van der Waals surface area (Å²) in [6.45, 7) is 4.22. The summed E-state index contributed by atoms with van der Waals surface area (Å²) >= 11 is 0. The number of fused-ring (bicyclic) bond motifs is 1. The van der Waals surface area contributed by atoms with Crippen LogP contribution in [0.1, 0.15) is 52.9 Å². The average molecular weight is 1660 g/mol. The van der Waals surface area contributed by atoms with Crippen LogP contribution < -0.4 is 31.3 Å². The lowest BCUT2D eigenvalue weighted by molar-refractivity contribution is -0.284. The van der Waals surface area contributed by atoms with Crippen molar-refractivity contribution < 1.29 is 155 Å². The first-order chi connectivity index (χ1) is 56.0. The third-order valence-electron chi connectivity index (χ3n) is 18.7. The maximum absolute atomic E-state index is 14.0. The number of phenolic OH excluding ortho intramolecular Hbond substituents is 1. The predicted molar refractivity (Wildman–Crippen MR) is 401 cm³/mol. The normalized spacial score (nSPS) is 23.6. The van der Waals surface area contributed by atoms with Crippen LogP contribution in [-0.2, 0) is 95.0 Å². The first-order valence-electron chi connectivity index (χ1n) is 38.8. The number of benzene rings is 2. The van der Waals surface area contributed by atoms with Crippen LogP contribution in [-0.4, -0.2) is 371 Å². The van der Waals surface area contributed by atoms with Crippen molar-refractivity contribution in [3.05, 3.63) is 60.5 Å². The minimum atomic E-state index is -1.57. The number of ether oxygens (including phenoxy) is 16. The minimum Gasteiger partial charge on any atom is -0.505 e. The molecule has 7 rings (SSSR count). The topological polar surface area (TPSA) is 539 Å². The molecule has 0 unspecified atom stereocenters. The SMILES string of the molecule is C[C@H]1[C@H](OCCOCCOCCNC(=O)CCOCC(COCCC(=O)NCCOCCOCCO[C@@H]2O[C@H](CO)[C@H](O)[C@H](O)[C@H]2C)(COCCC(=O)NCCOCCOCCO[C@@H]2O[C@H](CO)[C@H](O)[C@H](O)[C@H]2C)NC(=O)CNC(=O)CCCOc2ccc3nc(-c4cn(-c5ccc(O)c(F)c5)nn4)ccc3c2)O[C@H](CO)[C@H](O)[C@@H]1O. The molecule has 0 aliphatic carbocycles. The van der Waals surface area contributed by atoms with E-state index in [4.69, 9.17) is 75.8 Å². The first kappa shape index (κ1) is 96.0. The molecule has 0 radical (unpaired) electrons. The number of carbonyl (C=O) groups is 5. The number of aliphatic hydroxyl groups excluding tert-OH is 9. The first-order valence-corrected chi connectivity index (χ1v) is 38.8. The van der Waals surface area contributed by atoms with Crippen LogP contribution in [0.5, 0.6) is 11.5 Å².